The Morgan fingerprint density at radius 1 is 1.35 bits per heavy atom. The molecule has 1 rings (SSSR count). The first-order valence-corrected chi connectivity index (χ1v) is 6.13. The number of rotatable bonds is 5. The number of allylic oxidation sites excluding steroid dienone is 2. The van der Waals surface area contributed by atoms with E-state index in [4.69, 9.17) is 0 Å². The van der Waals surface area contributed by atoms with Gasteiger partial charge >= 0.3 is 0 Å². The summed E-state index contributed by atoms with van der Waals surface area (Å²) in [6.07, 6.45) is 3.68. The van der Waals surface area contributed by atoms with Crippen molar-refractivity contribution in [1.82, 2.24) is 0 Å². The van der Waals surface area contributed by atoms with Gasteiger partial charge in [0.05, 0.1) is 5.60 Å². The molecule has 0 fully saturated rings. The van der Waals surface area contributed by atoms with Crippen molar-refractivity contribution in [2.75, 3.05) is 0 Å². The number of benzene rings is 1. The number of hydrogen-bond donors (Lipinski definition) is 1. The first-order valence-electron chi connectivity index (χ1n) is 6.13. The van der Waals surface area contributed by atoms with Crippen molar-refractivity contribution in [3.8, 4) is 0 Å². The summed E-state index contributed by atoms with van der Waals surface area (Å²) >= 11 is 0. The largest absolute Gasteiger partial charge is 0.385 e. The van der Waals surface area contributed by atoms with Crippen molar-refractivity contribution in [3.63, 3.8) is 0 Å². The summed E-state index contributed by atoms with van der Waals surface area (Å²) in [6, 6.07) is 10.0. The Kier molecular flexibility index (Phi) is 4.71. The van der Waals surface area contributed by atoms with E-state index in [9.17, 15) is 5.11 Å². The van der Waals surface area contributed by atoms with Crippen molar-refractivity contribution in [2.45, 2.75) is 39.2 Å². The highest BCUT2D eigenvalue weighted by Crippen LogP contribution is 2.31. The third-order valence-corrected chi connectivity index (χ3v) is 2.79. The predicted octanol–water partition coefficient (Wildman–Crippen LogP) is 4.20. The summed E-state index contributed by atoms with van der Waals surface area (Å²) in [5.74, 6) is 0. The van der Waals surface area contributed by atoms with E-state index in [0.717, 1.165) is 29.6 Å². The summed E-state index contributed by atoms with van der Waals surface area (Å²) in [7, 11) is 0. The second-order valence-corrected chi connectivity index (χ2v) is 4.79. The summed E-state index contributed by atoms with van der Waals surface area (Å²) in [5, 5.41) is 10.6. The molecule has 0 aliphatic heterocycles. The molecule has 0 aliphatic carbocycles. The van der Waals surface area contributed by atoms with E-state index in [-0.39, 0.29) is 0 Å². The first-order chi connectivity index (χ1) is 7.97. The Balaban J connectivity index is 3.19. The Hall–Kier alpha value is -1.34. The molecule has 92 valence electrons. The highest BCUT2D eigenvalue weighted by atomic mass is 16.3. The summed E-state index contributed by atoms with van der Waals surface area (Å²) in [5.41, 5.74) is 2.18. The fraction of sp³-hybridized carbons (Fsp3) is 0.375. The van der Waals surface area contributed by atoms with Gasteiger partial charge in [0.2, 0.25) is 0 Å². The molecule has 1 atom stereocenters. The molecule has 0 amide bonds. The van der Waals surface area contributed by atoms with Crippen LogP contribution in [0.15, 0.2) is 48.6 Å². The maximum Gasteiger partial charge on any atom is 0.0874 e. The van der Waals surface area contributed by atoms with E-state index in [2.05, 4.69) is 13.5 Å². The fourth-order valence-electron chi connectivity index (χ4n) is 2.04. The van der Waals surface area contributed by atoms with Gasteiger partial charge in [-0.15, -0.1) is 0 Å². The van der Waals surface area contributed by atoms with Crippen molar-refractivity contribution in [1.29, 1.82) is 0 Å². The molecule has 0 saturated carbocycles. The second-order valence-electron chi connectivity index (χ2n) is 4.79. The molecular weight excluding hydrogens is 208 g/mol. The molecule has 0 radical (unpaired) electrons. The lowest BCUT2D eigenvalue weighted by Crippen LogP contribution is -2.25. The van der Waals surface area contributed by atoms with E-state index in [1.807, 2.05) is 50.3 Å². The maximum atomic E-state index is 10.6. The molecule has 0 bridgehead atoms. The van der Waals surface area contributed by atoms with Crippen LogP contribution in [0.5, 0.6) is 0 Å². The third kappa shape index (κ3) is 3.86. The lowest BCUT2D eigenvalue weighted by molar-refractivity contribution is 0.111. The van der Waals surface area contributed by atoms with Crippen LogP contribution in [0.4, 0.5) is 0 Å². The standard InChI is InChI=1S/C16H22O/c1-5-11-16(4,17)15(12-13(2)3)14-9-7-6-8-10-14/h6-10,12,17H,2,5,11H2,1,3-4H3/b15-12-. The minimum Gasteiger partial charge on any atom is -0.385 e. The van der Waals surface area contributed by atoms with E-state index >= 15 is 0 Å². The average Bonchev–Trinajstić information content (AvgIpc) is 2.26. The van der Waals surface area contributed by atoms with Gasteiger partial charge < -0.3 is 5.11 Å². The van der Waals surface area contributed by atoms with Crippen LogP contribution in [0, 0.1) is 0 Å². The van der Waals surface area contributed by atoms with Crippen LogP contribution in [-0.2, 0) is 0 Å². The Morgan fingerprint density at radius 2 is 1.94 bits per heavy atom. The molecule has 0 aliphatic rings. The fourth-order valence-corrected chi connectivity index (χ4v) is 2.04. The molecule has 1 heteroatoms. The topological polar surface area (TPSA) is 20.2 Å². The van der Waals surface area contributed by atoms with Gasteiger partial charge in [0.15, 0.2) is 0 Å². The minimum absolute atomic E-state index is 0.751. The van der Waals surface area contributed by atoms with Gasteiger partial charge in [-0.3, -0.25) is 0 Å². The van der Waals surface area contributed by atoms with Crippen LogP contribution in [0.1, 0.15) is 39.2 Å². The van der Waals surface area contributed by atoms with Gasteiger partial charge in [0, 0.05) is 0 Å². The predicted molar refractivity (Wildman–Crippen MR) is 74.8 cm³/mol. The molecule has 1 unspecified atom stereocenters. The molecule has 0 spiro atoms. The van der Waals surface area contributed by atoms with Crippen LogP contribution >= 0.6 is 0 Å². The second kappa shape index (κ2) is 5.83. The Morgan fingerprint density at radius 3 is 2.41 bits per heavy atom. The normalized spacial score (nSPS) is 15.4. The number of hydrogen-bond acceptors (Lipinski definition) is 1. The average molecular weight is 230 g/mol. The van der Waals surface area contributed by atoms with Crippen molar-refractivity contribution in [2.24, 2.45) is 0 Å². The smallest absolute Gasteiger partial charge is 0.0874 e. The monoisotopic (exact) mass is 230 g/mol. The molecule has 1 aromatic carbocycles. The van der Waals surface area contributed by atoms with E-state index < -0.39 is 5.60 Å². The summed E-state index contributed by atoms with van der Waals surface area (Å²) < 4.78 is 0. The van der Waals surface area contributed by atoms with Crippen LogP contribution in [0.25, 0.3) is 5.57 Å². The number of aliphatic hydroxyl groups is 1. The first kappa shape index (κ1) is 13.7. The molecule has 0 heterocycles. The molecule has 1 aromatic rings. The minimum atomic E-state index is -0.797. The molecular formula is C16H22O. The molecule has 1 nitrogen and oxygen atoms in total. The van der Waals surface area contributed by atoms with Gasteiger partial charge in [-0.1, -0.05) is 61.9 Å². The molecule has 1 N–H and O–H groups in total. The molecule has 0 aromatic heterocycles. The van der Waals surface area contributed by atoms with Crippen molar-refractivity contribution >= 4 is 5.57 Å². The summed E-state index contributed by atoms with van der Waals surface area (Å²) in [4.78, 5) is 0. The van der Waals surface area contributed by atoms with Crippen LogP contribution in [-0.4, -0.2) is 10.7 Å². The third-order valence-electron chi connectivity index (χ3n) is 2.79. The lowest BCUT2D eigenvalue weighted by Gasteiger charge is -2.27. The van der Waals surface area contributed by atoms with Crippen LogP contribution in [0.3, 0.4) is 0 Å². The van der Waals surface area contributed by atoms with Gasteiger partial charge in [-0.25, -0.2) is 0 Å². The van der Waals surface area contributed by atoms with E-state index in [1.165, 1.54) is 0 Å². The Labute approximate surface area is 104 Å². The van der Waals surface area contributed by atoms with Crippen LogP contribution < -0.4 is 0 Å². The zero-order valence-electron chi connectivity index (χ0n) is 11.0. The highest BCUT2D eigenvalue weighted by Gasteiger charge is 2.25. The maximum absolute atomic E-state index is 10.6. The van der Waals surface area contributed by atoms with Gasteiger partial charge in [-0.2, -0.15) is 0 Å². The zero-order valence-corrected chi connectivity index (χ0v) is 11.0. The highest BCUT2D eigenvalue weighted by molar-refractivity contribution is 5.73. The van der Waals surface area contributed by atoms with Crippen molar-refractivity contribution in [3.05, 3.63) is 54.1 Å². The Bertz CT molecular complexity index is 399. The lowest BCUT2D eigenvalue weighted by atomic mass is 9.85. The quantitative estimate of drug-likeness (QED) is 0.752. The molecule has 17 heavy (non-hydrogen) atoms. The summed E-state index contributed by atoms with van der Waals surface area (Å²) in [6.45, 7) is 9.81. The van der Waals surface area contributed by atoms with Gasteiger partial charge in [0.25, 0.3) is 0 Å². The molecule has 0 saturated heterocycles. The van der Waals surface area contributed by atoms with E-state index in [0.29, 0.717) is 0 Å². The van der Waals surface area contributed by atoms with Crippen LogP contribution in [0.2, 0.25) is 0 Å². The SMILES string of the molecule is C=C(C)/C=C(/c1ccccc1)C(C)(O)CCC. The van der Waals surface area contributed by atoms with Gasteiger partial charge in [-0.05, 0) is 31.4 Å². The zero-order chi connectivity index (χ0) is 12.9. The van der Waals surface area contributed by atoms with Gasteiger partial charge in [0.1, 0.15) is 0 Å². The van der Waals surface area contributed by atoms with Crippen molar-refractivity contribution < 1.29 is 5.11 Å². The van der Waals surface area contributed by atoms with E-state index in [1.54, 1.807) is 0 Å².